The Kier molecular flexibility index (Phi) is 4.55. The van der Waals surface area contributed by atoms with Crippen molar-refractivity contribution in [1.29, 1.82) is 0 Å². The number of anilines is 1. The van der Waals surface area contributed by atoms with E-state index in [0.29, 0.717) is 11.6 Å². The van der Waals surface area contributed by atoms with Gasteiger partial charge in [-0.1, -0.05) is 40.6 Å². The van der Waals surface area contributed by atoms with Crippen molar-refractivity contribution in [3.8, 4) is 0 Å². The van der Waals surface area contributed by atoms with E-state index in [0.717, 1.165) is 5.56 Å². The fourth-order valence-electron chi connectivity index (χ4n) is 1.50. The largest absolute Gasteiger partial charge is 0.381 e. The number of amides is 1. The summed E-state index contributed by atoms with van der Waals surface area (Å²) in [6.45, 7) is 3.29. The second-order valence-electron chi connectivity index (χ2n) is 4.40. The van der Waals surface area contributed by atoms with Crippen LogP contribution in [0.5, 0.6) is 0 Å². The van der Waals surface area contributed by atoms with Crippen LogP contribution in [-0.2, 0) is 9.63 Å². The lowest BCUT2D eigenvalue weighted by atomic mass is 10.2. The molecule has 2 rings (SSSR count). The first-order valence-electron chi connectivity index (χ1n) is 6.35. The van der Waals surface area contributed by atoms with Gasteiger partial charge in [-0.2, -0.15) is 0 Å². The number of nitrogens with one attached hydrogen (secondary N) is 1. The second-order valence-corrected chi connectivity index (χ2v) is 4.40. The SMILES string of the molecule is Cc1cc(NC(=O)C(C)O/N=C(\N)c2ccccc2)no1. The molecule has 0 radical (unpaired) electrons. The summed E-state index contributed by atoms with van der Waals surface area (Å²) < 4.78 is 4.85. The molecule has 0 spiro atoms. The van der Waals surface area contributed by atoms with E-state index in [4.69, 9.17) is 15.1 Å². The highest BCUT2D eigenvalue weighted by Gasteiger charge is 2.16. The molecule has 7 nitrogen and oxygen atoms in total. The molecule has 1 aromatic carbocycles. The number of nitrogens with two attached hydrogens (primary N) is 1. The molecule has 2 aromatic rings. The summed E-state index contributed by atoms with van der Waals surface area (Å²) in [5.41, 5.74) is 6.48. The molecule has 0 aliphatic heterocycles. The van der Waals surface area contributed by atoms with Gasteiger partial charge in [-0.05, 0) is 13.8 Å². The number of hydrogen-bond donors (Lipinski definition) is 2. The van der Waals surface area contributed by atoms with Gasteiger partial charge in [-0.15, -0.1) is 0 Å². The third kappa shape index (κ3) is 4.07. The van der Waals surface area contributed by atoms with Crippen LogP contribution < -0.4 is 11.1 Å². The molecule has 0 aliphatic carbocycles. The first kappa shape index (κ1) is 14.6. The second kappa shape index (κ2) is 6.56. The first-order valence-corrected chi connectivity index (χ1v) is 6.35. The monoisotopic (exact) mass is 288 g/mol. The summed E-state index contributed by atoms with van der Waals surface area (Å²) in [6, 6.07) is 10.7. The fourth-order valence-corrected chi connectivity index (χ4v) is 1.50. The lowest BCUT2D eigenvalue weighted by molar-refractivity contribution is -0.126. The van der Waals surface area contributed by atoms with Gasteiger partial charge in [0.1, 0.15) is 5.76 Å². The van der Waals surface area contributed by atoms with E-state index in [1.54, 1.807) is 32.0 Å². The summed E-state index contributed by atoms with van der Waals surface area (Å²) in [7, 11) is 0. The standard InChI is InChI=1S/C14H16N4O3/c1-9-8-12(17-20-9)16-14(19)10(2)21-18-13(15)11-6-4-3-5-7-11/h3-8,10H,1-2H3,(H2,15,18)(H,16,17,19). The maximum Gasteiger partial charge on any atom is 0.269 e. The lowest BCUT2D eigenvalue weighted by Gasteiger charge is -2.09. The zero-order chi connectivity index (χ0) is 15.2. The van der Waals surface area contributed by atoms with E-state index in [1.165, 1.54) is 0 Å². The molecular weight excluding hydrogens is 272 g/mol. The van der Waals surface area contributed by atoms with Gasteiger partial charge in [-0.3, -0.25) is 4.79 Å². The van der Waals surface area contributed by atoms with Crippen LogP contribution in [0.15, 0.2) is 46.1 Å². The predicted octanol–water partition coefficient (Wildman–Crippen LogP) is 1.65. The Morgan fingerprint density at radius 3 is 2.76 bits per heavy atom. The van der Waals surface area contributed by atoms with E-state index in [2.05, 4.69) is 15.6 Å². The van der Waals surface area contributed by atoms with Crippen molar-refractivity contribution >= 4 is 17.6 Å². The molecule has 1 amide bonds. The minimum absolute atomic E-state index is 0.201. The molecule has 1 heterocycles. The number of rotatable bonds is 5. The van der Waals surface area contributed by atoms with Crippen LogP contribution in [-0.4, -0.2) is 23.0 Å². The summed E-state index contributed by atoms with van der Waals surface area (Å²) in [5, 5.41) is 9.96. The molecule has 0 aliphatic rings. The Morgan fingerprint density at radius 1 is 1.43 bits per heavy atom. The van der Waals surface area contributed by atoms with Gasteiger partial charge >= 0.3 is 0 Å². The van der Waals surface area contributed by atoms with Gasteiger partial charge < -0.3 is 20.4 Å². The Balaban J connectivity index is 1.92. The molecule has 0 saturated carbocycles. The minimum Gasteiger partial charge on any atom is -0.381 e. The predicted molar refractivity (Wildman–Crippen MR) is 77.6 cm³/mol. The molecule has 1 aromatic heterocycles. The van der Waals surface area contributed by atoms with Gasteiger partial charge in [-0.25, -0.2) is 0 Å². The van der Waals surface area contributed by atoms with Gasteiger partial charge in [0.05, 0.1) is 0 Å². The summed E-state index contributed by atoms with van der Waals surface area (Å²) in [4.78, 5) is 16.9. The Bertz CT molecular complexity index is 637. The van der Waals surface area contributed by atoms with Crippen LogP contribution in [0.1, 0.15) is 18.2 Å². The van der Waals surface area contributed by atoms with E-state index in [9.17, 15) is 4.79 Å². The molecule has 0 saturated heterocycles. The van der Waals surface area contributed by atoms with Crippen molar-refractivity contribution in [3.63, 3.8) is 0 Å². The highest BCUT2D eigenvalue weighted by molar-refractivity contribution is 5.97. The maximum atomic E-state index is 11.8. The number of aromatic nitrogens is 1. The Hall–Kier alpha value is -2.83. The van der Waals surface area contributed by atoms with Crippen molar-refractivity contribution in [3.05, 3.63) is 47.7 Å². The number of carbonyl (C=O) groups is 1. The van der Waals surface area contributed by atoms with Crippen molar-refractivity contribution in [2.45, 2.75) is 20.0 Å². The highest BCUT2D eigenvalue weighted by atomic mass is 16.6. The maximum absolute atomic E-state index is 11.8. The van der Waals surface area contributed by atoms with Gasteiger partial charge in [0, 0.05) is 11.6 Å². The van der Waals surface area contributed by atoms with Crippen LogP contribution in [0, 0.1) is 6.92 Å². The first-order chi connectivity index (χ1) is 10.1. The minimum atomic E-state index is -0.815. The van der Waals surface area contributed by atoms with E-state index >= 15 is 0 Å². The molecule has 0 bridgehead atoms. The average molecular weight is 288 g/mol. The van der Waals surface area contributed by atoms with E-state index < -0.39 is 12.0 Å². The zero-order valence-corrected chi connectivity index (χ0v) is 11.7. The van der Waals surface area contributed by atoms with E-state index in [1.807, 2.05) is 18.2 Å². The van der Waals surface area contributed by atoms with Crippen molar-refractivity contribution in [2.75, 3.05) is 5.32 Å². The molecule has 21 heavy (non-hydrogen) atoms. The molecule has 110 valence electrons. The molecule has 7 heteroatoms. The molecule has 1 unspecified atom stereocenters. The average Bonchev–Trinajstić information content (AvgIpc) is 2.90. The van der Waals surface area contributed by atoms with Crippen LogP contribution in [0.25, 0.3) is 0 Å². The van der Waals surface area contributed by atoms with Gasteiger partial charge in [0.15, 0.2) is 11.7 Å². The topological polar surface area (TPSA) is 103 Å². The number of nitrogens with zero attached hydrogens (tertiary/aromatic N) is 2. The van der Waals surface area contributed by atoms with Gasteiger partial charge in [0.25, 0.3) is 5.91 Å². The molecule has 1 atom stereocenters. The number of carbonyl (C=O) groups excluding carboxylic acids is 1. The van der Waals surface area contributed by atoms with E-state index in [-0.39, 0.29) is 5.84 Å². The molecular formula is C14H16N4O3. The third-order valence-corrected chi connectivity index (χ3v) is 2.63. The summed E-state index contributed by atoms with van der Waals surface area (Å²) >= 11 is 0. The number of oxime groups is 1. The number of hydrogen-bond acceptors (Lipinski definition) is 5. The number of aryl methyl sites for hydroxylation is 1. The third-order valence-electron chi connectivity index (χ3n) is 2.63. The molecule has 0 fully saturated rings. The van der Waals surface area contributed by atoms with Crippen molar-refractivity contribution in [2.24, 2.45) is 10.9 Å². The number of benzene rings is 1. The smallest absolute Gasteiger partial charge is 0.269 e. The van der Waals surface area contributed by atoms with Crippen LogP contribution in [0.2, 0.25) is 0 Å². The van der Waals surface area contributed by atoms with Crippen LogP contribution in [0.3, 0.4) is 0 Å². The summed E-state index contributed by atoms with van der Waals surface area (Å²) in [6.07, 6.45) is -0.815. The molecule has 3 N–H and O–H groups in total. The van der Waals surface area contributed by atoms with Crippen molar-refractivity contribution in [1.82, 2.24) is 5.16 Å². The lowest BCUT2D eigenvalue weighted by Crippen LogP contribution is -2.27. The fraction of sp³-hybridized carbons (Fsp3) is 0.214. The van der Waals surface area contributed by atoms with Crippen molar-refractivity contribution < 1.29 is 14.2 Å². The Morgan fingerprint density at radius 2 is 2.14 bits per heavy atom. The van der Waals surface area contributed by atoms with Crippen LogP contribution in [0.4, 0.5) is 5.82 Å². The zero-order valence-electron chi connectivity index (χ0n) is 11.7. The van der Waals surface area contributed by atoms with Crippen LogP contribution >= 0.6 is 0 Å². The summed E-state index contributed by atoms with van der Waals surface area (Å²) in [5.74, 6) is 0.735. The quantitative estimate of drug-likeness (QED) is 0.494. The highest BCUT2D eigenvalue weighted by Crippen LogP contribution is 2.08. The van der Waals surface area contributed by atoms with Gasteiger partial charge in [0.2, 0.25) is 6.10 Å². The number of amidine groups is 1. The normalized spacial score (nSPS) is 12.8. The Labute approximate surface area is 121 Å².